The fraction of sp³-hybridized carbons (Fsp3) is 0.560. The largest absolute Gasteiger partial charge is 0.495 e. The van der Waals surface area contributed by atoms with Crippen molar-refractivity contribution in [1.82, 2.24) is 15.1 Å². The van der Waals surface area contributed by atoms with Crippen LogP contribution >= 0.6 is 11.6 Å². The number of methoxy groups -OCH3 is 1. The molecule has 1 aromatic rings. The highest BCUT2D eigenvalue weighted by Crippen LogP contribution is 2.45. The normalized spacial score (nSPS) is 25.4. The van der Waals surface area contributed by atoms with Gasteiger partial charge in [0.2, 0.25) is 0 Å². The fourth-order valence-electron chi connectivity index (χ4n) is 5.36. The first-order valence-corrected chi connectivity index (χ1v) is 12.3. The van der Waals surface area contributed by atoms with Crippen LogP contribution in [0.2, 0.25) is 5.02 Å². The molecule has 4 atom stereocenters. The van der Waals surface area contributed by atoms with Crippen LogP contribution in [0, 0.1) is 17.8 Å². The van der Waals surface area contributed by atoms with E-state index in [0.717, 1.165) is 19.3 Å². The summed E-state index contributed by atoms with van der Waals surface area (Å²) in [6.07, 6.45) is 8.72. The molecule has 1 aliphatic heterocycles. The van der Waals surface area contributed by atoms with E-state index in [4.69, 9.17) is 16.3 Å². The number of rotatable bonds is 9. The van der Waals surface area contributed by atoms with Gasteiger partial charge in [-0.25, -0.2) is 14.5 Å². The summed E-state index contributed by atoms with van der Waals surface area (Å²) in [6.45, 7) is 1.09. The van der Waals surface area contributed by atoms with Gasteiger partial charge < -0.3 is 19.9 Å². The van der Waals surface area contributed by atoms with E-state index in [1.54, 1.807) is 37.2 Å². The van der Waals surface area contributed by atoms with Crippen molar-refractivity contribution in [1.29, 1.82) is 0 Å². The molecule has 2 aliphatic carbocycles. The van der Waals surface area contributed by atoms with Crippen LogP contribution in [0.15, 0.2) is 30.4 Å². The van der Waals surface area contributed by atoms with Crippen LogP contribution in [0.4, 0.5) is 15.3 Å². The molecule has 9 heteroatoms. The monoisotopic (exact) mass is 488 g/mol. The second kappa shape index (κ2) is 10.3. The van der Waals surface area contributed by atoms with Gasteiger partial charge in [-0.15, -0.1) is 0 Å². The maximum Gasteiger partial charge on any atom is 0.332 e. The number of halogens is 1. The highest BCUT2D eigenvalue weighted by atomic mass is 35.5. The Kier molecular flexibility index (Phi) is 7.36. The Hall–Kier alpha value is -2.74. The number of hydrogen-bond donors (Lipinski definition) is 1. The zero-order valence-corrected chi connectivity index (χ0v) is 20.8. The van der Waals surface area contributed by atoms with E-state index in [1.807, 2.05) is 0 Å². The molecule has 0 radical (unpaired) electrons. The zero-order valence-electron chi connectivity index (χ0n) is 20.0. The number of nitrogens with zero attached hydrogens (tertiary/aromatic N) is 3. The topological polar surface area (TPSA) is 82.2 Å². The Morgan fingerprint density at radius 3 is 2.65 bits per heavy atom. The molecule has 184 valence electrons. The van der Waals surface area contributed by atoms with Crippen molar-refractivity contribution in [2.24, 2.45) is 17.8 Å². The van der Waals surface area contributed by atoms with Crippen molar-refractivity contribution in [3.63, 3.8) is 0 Å². The molecule has 1 N–H and O–H groups in total. The lowest BCUT2D eigenvalue weighted by Gasteiger charge is -2.28. The summed E-state index contributed by atoms with van der Waals surface area (Å²) in [5.41, 5.74) is 0.378. The minimum Gasteiger partial charge on any atom is -0.495 e. The highest BCUT2D eigenvalue weighted by molar-refractivity contribution is 6.31. The smallest absolute Gasteiger partial charge is 0.332 e. The molecule has 0 aromatic heterocycles. The molecule has 5 amide bonds. The Labute approximate surface area is 205 Å². The Morgan fingerprint density at radius 2 is 2.00 bits per heavy atom. The average molecular weight is 489 g/mol. The molecule has 3 aliphatic rings. The quantitative estimate of drug-likeness (QED) is 0.322. The molecule has 1 aromatic carbocycles. The van der Waals surface area contributed by atoms with Gasteiger partial charge in [-0.2, -0.15) is 0 Å². The number of benzene rings is 1. The van der Waals surface area contributed by atoms with Crippen molar-refractivity contribution in [3.05, 3.63) is 35.4 Å². The van der Waals surface area contributed by atoms with Crippen molar-refractivity contribution in [3.8, 4) is 5.75 Å². The number of nitrogens with one attached hydrogen (secondary N) is 1. The summed E-state index contributed by atoms with van der Waals surface area (Å²) in [5, 5.41) is 3.28. The second-order valence-electron chi connectivity index (χ2n) is 9.60. The van der Waals surface area contributed by atoms with Gasteiger partial charge in [0.25, 0.3) is 5.91 Å². The predicted octanol–water partition coefficient (Wildman–Crippen LogP) is 4.14. The summed E-state index contributed by atoms with van der Waals surface area (Å²) < 4.78 is 5.43. The molecule has 3 unspecified atom stereocenters. The fourth-order valence-corrected chi connectivity index (χ4v) is 5.52. The number of allylic oxidation sites excluding steroid dienone is 2. The number of hydrogen-bond acceptors (Lipinski definition) is 4. The highest BCUT2D eigenvalue weighted by Gasteiger charge is 2.48. The maximum absolute atomic E-state index is 13.6. The van der Waals surface area contributed by atoms with Gasteiger partial charge in [0.15, 0.2) is 0 Å². The van der Waals surface area contributed by atoms with Crippen LogP contribution in [0.3, 0.4) is 0 Å². The zero-order chi connectivity index (χ0) is 24.4. The third kappa shape index (κ3) is 4.87. The first-order chi connectivity index (χ1) is 16.3. The van der Waals surface area contributed by atoms with Crippen LogP contribution in [0.1, 0.15) is 32.1 Å². The van der Waals surface area contributed by atoms with Gasteiger partial charge in [0, 0.05) is 32.2 Å². The molecule has 0 spiro atoms. The molecular weight excluding hydrogens is 456 g/mol. The number of urea groups is 2. The summed E-state index contributed by atoms with van der Waals surface area (Å²) in [5.74, 6) is 1.62. The van der Waals surface area contributed by atoms with Crippen LogP contribution in [0.25, 0.3) is 0 Å². The van der Waals surface area contributed by atoms with E-state index in [1.165, 1.54) is 16.9 Å². The summed E-state index contributed by atoms with van der Waals surface area (Å²) >= 11 is 6.20. The standard InChI is InChI=1S/C25H33ClN4O4/c1-28(2)24(32)27-11-5-4-6-20-23(31)30(21-14-19(26)9-10-22(21)34-3)25(33)29(20)15-18-13-16-7-8-17(18)12-16/h7-10,14,16-18,20H,4-6,11-13,15H2,1-3H3,(H,27,32)/t16?,17?,18?,20-/m0/s1. The molecular formula is C25H33ClN4O4. The van der Waals surface area contributed by atoms with Crippen molar-refractivity contribution < 1.29 is 19.1 Å². The summed E-state index contributed by atoms with van der Waals surface area (Å²) in [6, 6.07) is 3.95. The molecule has 1 saturated heterocycles. The lowest BCUT2D eigenvalue weighted by molar-refractivity contribution is -0.120. The van der Waals surface area contributed by atoms with E-state index in [-0.39, 0.29) is 18.0 Å². The Balaban J connectivity index is 1.50. The molecule has 34 heavy (non-hydrogen) atoms. The number of carbonyl (C=O) groups excluding carboxylic acids is 3. The van der Waals surface area contributed by atoms with E-state index >= 15 is 0 Å². The van der Waals surface area contributed by atoms with Crippen molar-refractivity contribution in [2.75, 3.05) is 39.2 Å². The minimum atomic E-state index is -0.538. The number of carbonyl (C=O) groups is 3. The Bertz CT molecular complexity index is 982. The van der Waals surface area contributed by atoms with Crippen LogP contribution in [-0.2, 0) is 4.79 Å². The van der Waals surface area contributed by atoms with Crippen LogP contribution < -0.4 is 15.0 Å². The van der Waals surface area contributed by atoms with Gasteiger partial charge in [0.1, 0.15) is 11.8 Å². The third-order valence-corrected chi connectivity index (χ3v) is 7.37. The molecule has 2 fully saturated rings. The first kappa shape index (κ1) is 24.4. The molecule has 1 saturated carbocycles. The first-order valence-electron chi connectivity index (χ1n) is 11.9. The average Bonchev–Trinajstić information content (AvgIpc) is 3.48. The van der Waals surface area contributed by atoms with Gasteiger partial charge in [-0.3, -0.25) is 4.79 Å². The van der Waals surface area contributed by atoms with E-state index in [0.29, 0.717) is 60.1 Å². The minimum absolute atomic E-state index is 0.141. The number of fused-ring (bicyclic) bond motifs is 2. The summed E-state index contributed by atoms with van der Waals surface area (Å²) in [4.78, 5) is 43.4. The number of imide groups is 1. The van der Waals surface area contributed by atoms with Gasteiger partial charge in [-0.1, -0.05) is 23.8 Å². The maximum atomic E-state index is 13.6. The van der Waals surface area contributed by atoms with Crippen molar-refractivity contribution >= 4 is 35.3 Å². The second-order valence-corrected chi connectivity index (χ2v) is 10.0. The predicted molar refractivity (Wildman–Crippen MR) is 131 cm³/mol. The summed E-state index contributed by atoms with van der Waals surface area (Å²) in [7, 11) is 4.90. The van der Waals surface area contributed by atoms with Gasteiger partial charge in [-0.05, 0) is 68.1 Å². The lowest BCUT2D eigenvalue weighted by Crippen LogP contribution is -2.40. The van der Waals surface area contributed by atoms with E-state index < -0.39 is 6.04 Å². The number of anilines is 1. The van der Waals surface area contributed by atoms with Crippen LogP contribution in [-0.4, -0.2) is 68.1 Å². The van der Waals surface area contributed by atoms with Crippen LogP contribution in [0.5, 0.6) is 5.75 Å². The number of unbranched alkanes of at least 4 members (excludes halogenated alkanes) is 1. The SMILES string of the molecule is COc1ccc(Cl)cc1N1C(=O)[C@H](CCCCNC(=O)N(C)C)N(CC2CC3C=CC2C3)C1=O. The third-order valence-electron chi connectivity index (χ3n) is 7.13. The molecule has 8 nitrogen and oxygen atoms in total. The lowest BCUT2D eigenvalue weighted by atomic mass is 9.92. The van der Waals surface area contributed by atoms with Crippen molar-refractivity contribution in [2.45, 2.75) is 38.1 Å². The molecule has 4 rings (SSSR count). The Morgan fingerprint density at radius 1 is 1.21 bits per heavy atom. The van der Waals surface area contributed by atoms with E-state index in [2.05, 4.69) is 17.5 Å². The molecule has 2 bridgehead atoms. The van der Waals surface area contributed by atoms with E-state index in [9.17, 15) is 14.4 Å². The number of amides is 5. The van der Waals surface area contributed by atoms with Gasteiger partial charge in [0.05, 0.1) is 12.8 Å². The molecule has 1 heterocycles. The van der Waals surface area contributed by atoms with Gasteiger partial charge >= 0.3 is 12.1 Å². The number of ether oxygens (including phenoxy) is 1.